The molecule has 26 heavy (non-hydrogen) atoms. The largest absolute Gasteiger partial charge is 0.494 e. The van der Waals surface area contributed by atoms with Crippen LogP contribution in [0.25, 0.3) is 5.76 Å². The molecule has 6 heteroatoms. The topological polar surface area (TPSA) is 59.9 Å². The number of halogens is 1. The van der Waals surface area contributed by atoms with Crippen molar-refractivity contribution >= 4 is 40.0 Å². The molecule has 0 unspecified atom stereocenters. The van der Waals surface area contributed by atoms with Crippen LogP contribution in [0.15, 0.2) is 51.9 Å². The molecule has 0 aliphatic carbocycles. The molecule has 136 valence electrons. The number of carbonyl (C=O) groups excluding carboxylic acids is 1. The third kappa shape index (κ3) is 4.73. The van der Waals surface area contributed by atoms with Gasteiger partial charge in [0.2, 0.25) is 0 Å². The minimum Gasteiger partial charge on any atom is -0.494 e. The SMILES string of the molecule is C=Nc1ccc(Br)cc1/C(=C\C)Oc1cc(OCC)cc(C(=O)NC)c1. The molecule has 0 atom stereocenters. The van der Waals surface area contributed by atoms with Crippen molar-refractivity contribution in [1.82, 2.24) is 5.32 Å². The number of hydrogen-bond acceptors (Lipinski definition) is 4. The number of benzene rings is 2. The Kier molecular flexibility index (Phi) is 6.97. The van der Waals surface area contributed by atoms with Crippen LogP contribution in [0.4, 0.5) is 5.69 Å². The molecule has 0 bridgehead atoms. The van der Waals surface area contributed by atoms with Crippen LogP contribution in [0.3, 0.4) is 0 Å². The molecule has 0 heterocycles. The number of rotatable bonds is 7. The lowest BCUT2D eigenvalue weighted by atomic mass is 10.1. The summed E-state index contributed by atoms with van der Waals surface area (Å²) in [6.07, 6.45) is 1.84. The Bertz CT molecular complexity index is 847. The zero-order valence-electron chi connectivity index (χ0n) is 15.0. The Morgan fingerprint density at radius 3 is 2.62 bits per heavy atom. The number of hydrogen-bond donors (Lipinski definition) is 1. The van der Waals surface area contributed by atoms with Crippen LogP contribution in [0.2, 0.25) is 0 Å². The second-order valence-corrected chi connectivity index (χ2v) is 6.20. The van der Waals surface area contributed by atoms with Crippen LogP contribution < -0.4 is 14.8 Å². The van der Waals surface area contributed by atoms with E-state index in [4.69, 9.17) is 9.47 Å². The molecule has 2 aromatic rings. The van der Waals surface area contributed by atoms with Gasteiger partial charge in [0, 0.05) is 28.7 Å². The lowest BCUT2D eigenvalue weighted by Gasteiger charge is -2.15. The molecule has 0 saturated carbocycles. The quantitative estimate of drug-likeness (QED) is 0.511. The van der Waals surface area contributed by atoms with E-state index in [0.29, 0.717) is 35.1 Å². The minimum absolute atomic E-state index is 0.214. The van der Waals surface area contributed by atoms with E-state index in [9.17, 15) is 4.79 Å². The van der Waals surface area contributed by atoms with Crippen LogP contribution in [0.5, 0.6) is 11.5 Å². The predicted octanol–water partition coefficient (Wildman–Crippen LogP) is 4.98. The lowest BCUT2D eigenvalue weighted by Crippen LogP contribution is -2.17. The summed E-state index contributed by atoms with van der Waals surface area (Å²) in [6.45, 7) is 7.85. The number of allylic oxidation sites excluding steroid dienone is 1. The van der Waals surface area contributed by atoms with Gasteiger partial charge in [-0.15, -0.1) is 0 Å². The van der Waals surface area contributed by atoms with Gasteiger partial charge in [-0.05, 0) is 57.0 Å². The van der Waals surface area contributed by atoms with E-state index in [2.05, 4.69) is 33.0 Å². The first-order chi connectivity index (χ1) is 12.5. The molecule has 1 amide bonds. The van der Waals surface area contributed by atoms with Crippen molar-refractivity contribution in [1.29, 1.82) is 0 Å². The summed E-state index contributed by atoms with van der Waals surface area (Å²) in [5.41, 5.74) is 1.95. The Morgan fingerprint density at radius 1 is 1.27 bits per heavy atom. The monoisotopic (exact) mass is 416 g/mol. The zero-order chi connectivity index (χ0) is 19.1. The van der Waals surface area contributed by atoms with E-state index < -0.39 is 0 Å². The van der Waals surface area contributed by atoms with E-state index in [1.807, 2.05) is 38.1 Å². The number of carbonyl (C=O) groups is 1. The third-order valence-corrected chi connectivity index (χ3v) is 4.06. The van der Waals surface area contributed by atoms with E-state index in [0.717, 1.165) is 10.0 Å². The average molecular weight is 417 g/mol. The number of nitrogens with one attached hydrogen (secondary N) is 1. The molecule has 0 aliphatic rings. The summed E-state index contributed by atoms with van der Waals surface area (Å²) < 4.78 is 12.5. The summed E-state index contributed by atoms with van der Waals surface area (Å²) in [6, 6.07) is 10.8. The highest BCUT2D eigenvalue weighted by atomic mass is 79.9. The first-order valence-electron chi connectivity index (χ1n) is 8.13. The summed E-state index contributed by atoms with van der Waals surface area (Å²) >= 11 is 3.46. The highest BCUT2D eigenvalue weighted by Gasteiger charge is 2.13. The van der Waals surface area contributed by atoms with Crippen molar-refractivity contribution in [2.24, 2.45) is 4.99 Å². The van der Waals surface area contributed by atoms with Gasteiger partial charge in [-0.2, -0.15) is 0 Å². The maximum Gasteiger partial charge on any atom is 0.251 e. The molecular weight excluding hydrogens is 396 g/mol. The number of aliphatic imine (C=N–C) groups is 1. The van der Waals surface area contributed by atoms with Crippen LogP contribution in [-0.4, -0.2) is 26.3 Å². The normalized spacial score (nSPS) is 11.0. The molecule has 0 fully saturated rings. The molecule has 0 spiro atoms. The maximum atomic E-state index is 12.0. The molecule has 1 N–H and O–H groups in total. The molecule has 0 radical (unpaired) electrons. The van der Waals surface area contributed by atoms with E-state index in [1.165, 1.54) is 0 Å². The summed E-state index contributed by atoms with van der Waals surface area (Å²) in [5, 5.41) is 2.61. The highest BCUT2D eigenvalue weighted by Crippen LogP contribution is 2.33. The fourth-order valence-electron chi connectivity index (χ4n) is 2.40. The average Bonchev–Trinajstić information content (AvgIpc) is 2.65. The van der Waals surface area contributed by atoms with Crippen molar-refractivity contribution in [2.45, 2.75) is 13.8 Å². The van der Waals surface area contributed by atoms with E-state index >= 15 is 0 Å². The third-order valence-electron chi connectivity index (χ3n) is 3.56. The van der Waals surface area contributed by atoms with Crippen molar-refractivity contribution < 1.29 is 14.3 Å². The van der Waals surface area contributed by atoms with Crippen LogP contribution in [-0.2, 0) is 0 Å². The first kappa shape index (κ1) is 19.7. The number of ether oxygens (including phenoxy) is 2. The fourth-order valence-corrected chi connectivity index (χ4v) is 2.76. The van der Waals surface area contributed by atoms with Gasteiger partial charge < -0.3 is 14.8 Å². The van der Waals surface area contributed by atoms with Gasteiger partial charge in [0.25, 0.3) is 5.91 Å². The molecule has 0 aliphatic heterocycles. The molecular formula is C20H21BrN2O3. The maximum absolute atomic E-state index is 12.0. The second kappa shape index (κ2) is 9.20. The summed E-state index contributed by atoms with van der Waals surface area (Å²) in [4.78, 5) is 16.1. The second-order valence-electron chi connectivity index (χ2n) is 5.28. The fraction of sp³-hybridized carbons (Fsp3) is 0.200. The van der Waals surface area contributed by atoms with Crippen molar-refractivity contribution in [3.8, 4) is 11.5 Å². The van der Waals surface area contributed by atoms with Gasteiger partial charge in [0.05, 0.1) is 12.3 Å². The van der Waals surface area contributed by atoms with E-state index in [1.54, 1.807) is 25.2 Å². The summed E-state index contributed by atoms with van der Waals surface area (Å²) in [7, 11) is 1.58. The summed E-state index contributed by atoms with van der Waals surface area (Å²) in [5.74, 6) is 1.45. The first-order valence-corrected chi connectivity index (χ1v) is 8.92. The van der Waals surface area contributed by atoms with Gasteiger partial charge in [0.15, 0.2) is 0 Å². The van der Waals surface area contributed by atoms with Crippen LogP contribution >= 0.6 is 15.9 Å². The van der Waals surface area contributed by atoms with Gasteiger partial charge >= 0.3 is 0 Å². The Balaban J connectivity index is 2.45. The minimum atomic E-state index is -0.214. The molecule has 2 rings (SSSR count). The molecule has 5 nitrogen and oxygen atoms in total. The smallest absolute Gasteiger partial charge is 0.251 e. The Labute approximate surface area is 161 Å². The van der Waals surface area contributed by atoms with Gasteiger partial charge in [-0.25, -0.2) is 0 Å². The van der Waals surface area contributed by atoms with Crippen LogP contribution in [0, 0.1) is 0 Å². The molecule has 2 aromatic carbocycles. The molecule has 0 aromatic heterocycles. The van der Waals surface area contributed by atoms with Crippen molar-refractivity contribution in [2.75, 3.05) is 13.7 Å². The van der Waals surface area contributed by atoms with E-state index in [-0.39, 0.29) is 5.91 Å². The number of amides is 1. The van der Waals surface area contributed by atoms with Crippen LogP contribution in [0.1, 0.15) is 29.8 Å². The standard InChI is InChI=1S/C20H21BrN2O3/c1-5-19(17-11-14(21)7-8-18(17)22-3)26-16-10-13(20(24)23-4)9-15(12-16)25-6-2/h5,7-12H,3,6H2,1-2,4H3,(H,23,24)/b19-5+. The van der Waals surface area contributed by atoms with Gasteiger partial charge in [0.1, 0.15) is 17.3 Å². The van der Waals surface area contributed by atoms with Gasteiger partial charge in [-0.1, -0.05) is 15.9 Å². The Hall–Kier alpha value is -2.60. The van der Waals surface area contributed by atoms with Crippen molar-refractivity contribution in [3.05, 3.63) is 58.1 Å². The van der Waals surface area contributed by atoms with Crippen molar-refractivity contribution in [3.63, 3.8) is 0 Å². The Morgan fingerprint density at radius 2 is 2.00 bits per heavy atom. The predicted molar refractivity (Wildman–Crippen MR) is 109 cm³/mol. The number of nitrogens with zero attached hydrogens (tertiary/aromatic N) is 1. The van der Waals surface area contributed by atoms with Gasteiger partial charge in [-0.3, -0.25) is 9.79 Å². The zero-order valence-corrected chi connectivity index (χ0v) is 16.6. The lowest BCUT2D eigenvalue weighted by molar-refractivity contribution is 0.0962. The highest BCUT2D eigenvalue weighted by molar-refractivity contribution is 9.10. The molecule has 0 saturated heterocycles.